The largest absolute Gasteiger partial charge is 0.351 e. The second-order valence-electron chi connectivity index (χ2n) is 6.94. The molecule has 0 spiro atoms. The molecular weight excluding hydrogens is 304 g/mol. The van der Waals surface area contributed by atoms with Gasteiger partial charge in [-0.3, -0.25) is 19.5 Å². The van der Waals surface area contributed by atoms with Crippen LogP contribution in [-0.4, -0.2) is 27.4 Å². The van der Waals surface area contributed by atoms with Crippen LogP contribution < -0.4 is 10.6 Å². The molecule has 1 aliphatic carbocycles. The Morgan fingerprint density at radius 2 is 2.08 bits per heavy atom. The van der Waals surface area contributed by atoms with Crippen molar-refractivity contribution in [2.24, 2.45) is 5.92 Å². The van der Waals surface area contributed by atoms with Crippen LogP contribution in [0.25, 0.3) is 11.0 Å². The highest BCUT2D eigenvalue weighted by atomic mass is 16.2. The van der Waals surface area contributed by atoms with E-state index in [1.165, 1.54) is 6.42 Å². The number of benzene rings is 1. The quantitative estimate of drug-likeness (QED) is 0.891. The van der Waals surface area contributed by atoms with Crippen LogP contribution in [0.3, 0.4) is 0 Å². The monoisotopic (exact) mass is 326 g/mol. The molecule has 24 heavy (non-hydrogen) atoms. The molecule has 6 nitrogen and oxygen atoms in total. The van der Waals surface area contributed by atoms with E-state index in [0.29, 0.717) is 11.9 Å². The first kappa shape index (κ1) is 15.2. The third-order valence-corrected chi connectivity index (χ3v) is 5.28. The van der Waals surface area contributed by atoms with E-state index in [0.717, 1.165) is 30.3 Å². The number of carbonyl (C=O) groups is 2. The van der Waals surface area contributed by atoms with E-state index in [4.69, 9.17) is 0 Å². The molecule has 2 aliphatic rings. The van der Waals surface area contributed by atoms with Gasteiger partial charge in [-0.25, -0.2) is 4.98 Å². The van der Waals surface area contributed by atoms with Gasteiger partial charge in [0.2, 0.25) is 17.8 Å². The average Bonchev–Trinajstić information content (AvgIpc) is 2.94. The van der Waals surface area contributed by atoms with E-state index >= 15 is 0 Å². The number of imidazole rings is 1. The van der Waals surface area contributed by atoms with Gasteiger partial charge in [0.25, 0.3) is 0 Å². The van der Waals surface area contributed by atoms with Gasteiger partial charge >= 0.3 is 0 Å². The summed E-state index contributed by atoms with van der Waals surface area (Å²) in [6.45, 7) is 2.19. The Morgan fingerprint density at radius 1 is 1.29 bits per heavy atom. The second kappa shape index (κ2) is 5.92. The number of hydrogen-bond donors (Lipinski definition) is 2. The van der Waals surface area contributed by atoms with Crippen LogP contribution in [-0.2, 0) is 9.59 Å². The van der Waals surface area contributed by atoms with Crippen LogP contribution in [0.1, 0.15) is 45.1 Å². The molecule has 4 rings (SSSR count). The summed E-state index contributed by atoms with van der Waals surface area (Å²) in [7, 11) is 0. The summed E-state index contributed by atoms with van der Waals surface area (Å²) >= 11 is 0. The summed E-state index contributed by atoms with van der Waals surface area (Å²) < 4.78 is 1.86. The van der Waals surface area contributed by atoms with Crippen molar-refractivity contribution in [1.82, 2.24) is 14.9 Å². The third kappa shape index (κ3) is 2.56. The van der Waals surface area contributed by atoms with Crippen LogP contribution in [0.5, 0.6) is 0 Å². The van der Waals surface area contributed by atoms with Gasteiger partial charge in [-0.15, -0.1) is 0 Å². The van der Waals surface area contributed by atoms with Gasteiger partial charge in [0.15, 0.2) is 0 Å². The number of fused-ring (bicyclic) bond motifs is 3. The van der Waals surface area contributed by atoms with Crippen molar-refractivity contribution in [3.63, 3.8) is 0 Å². The van der Waals surface area contributed by atoms with E-state index < -0.39 is 6.04 Å². The molecule has 1 aliphatic heterocycles. The molecule has 126 valence electrons. The van der Waals surface area contributed by atoms with Crippen LogP contribution >= 0.6 is 0 Å². The molecule has 2 aromatic rings. The Bertz CT molecular complexity index is 797. The normalized spacial score (nSPS) is 26.7. The fourth-order valence-corrected chi connectivity index (χ4v) is 3.91. The molecule has 0 saturated heterocycles. The number of amides is 2. The first-order valence-electron chi connectivity index (χ1n) is 8.70. The number of para-hydroxylation sites is 2. The van der Waals surface area contributed by atoms with Crippen molar-refractivity contribution in [2.45, 2.75) is 51.1 Å². The third-order valence-electron chi connectivity index (χ3n) is 5.28. The molecule has 3 unspecified atom stereocenters. The Kier molecular flexibility index (Phi) is 3.75. The zero-order valence-corrected chi connectivity index (χ0v) is 13.8. The molecule has 2 amide bonds. The number of hydrogen-bond acceptors (Lipinski definition) is 3. The van der Waals surface area contributed by atoms with Gasteiger partial charge in [-0.2, -0.15) is 0 Å². The maximum atomic E-state index is 12.9. The fourth-order valence-electron chi connectivity index (χ4n) is 3.91. The number of nitrogens with one attached hydrogen (secondary N) is 2. The zero-order chi connectivity index (χ0) is 16.7. The molecule has 6 heteroatoms. The summed E-state index contributed by atoms with van der Waals surface area (Å²) in [5.74, 6) is 0.714. The molecular formula is C18H22N4O2. The highest BCUT2D eigenvalue weighted by Crippen LogP contribution is 2.31. The van der Waals surface area contributed by atoms with Gasteiger partial charge in [0.1, 0.15) is 6.04 Å². The Labute approximate surface area is 140 Å². The Balaban J connectivity index is 1.66. The first-order valence-corrected chi connectivity index (χ1v) is 8.70. The maximum Gasteiger partial charge on any atom is 0.243 e. The summed E-state index contributed by atoms with van der Waals surface area (Å²) in [6, 6.07) is 7.33. The number of rotatable bonds is 2. The highest BCUT2D eigenvalue weighted by Gasteiger charge is 2.34. The minimum absolute atomic E-state index is 0.0759. The van der Waals surface area contributed by atoms with Gasteiger partial charge in [0.05, 0.1) is 17.5 Å². The lowest BCUT2D eigenvalue weighted by atomic mass is 9.85. The lowest BCUT2D eigenvalue weighted by Gasteiger charge is -2.32. The van der Waals surface area contributed by atoms with Gasteiger partial charge in [-0.1, -0.05) is 31.9 Å². The van der Waals surface area contributed by atoms with Crippen LogP contribution in [0.2, 0.25) is 0 Å². The summed E-state index contributed by atoms with van der Waals surface area (Å²) in [6.07, 6.45) is 4.70. The van der Waals surface area contributed by atoms with Crippen molar-refractivity contribution in [3.8, 4) is 0 Å². The molecule has 0 radical (unpaired) electrons. The summed E-state index contributed by atoms with van der Waals surface area (Å²) in [4.78, 5) is 29.4. The van der Waals surface area contributed by atoms with Gasteiger partial charge in [-0.05, 0) is 30.9 Å². The van der Waals surface area contributed by atoms with Crippen LogP contribution in [0, 0.1) is 5.92 Å². The van der Waals surface area contributed by atoms with Crippen LogP contribution in [0.15, 0.2) is 24.3 Å². The fraction of sp³-hybridized carbons (Fsp3) is 0.500. The minimum Gasteiger partial charge on any atom is -0.351 e. The van der Waals surface area contributed by atoms with Gasteiger partial charge < -0.3 is 5.32 Å². The number of anilines is 1. The lowest BCUT2D eigenvalue weighted by molar-refractivity contribution is -0.129. The number of carbonyl (C=O) groups excluding carboxylic acids is 2. The van der Waals surface area contributed by atoms with Crippen molar-refractivity contribution in [3.05, 3.63) is 24.3 Å². The van der Waals surface area contributed by atoms with E-state index in [-0.39, 0.29) is 24.3 Å². The highest BCUT2D eigenvalue weighted by molar-refractivity contribution is 5.99. The van der Waals surface area contributed by atoms with Crippen molar-refractivity contribution in [2.75, 3.05) is 5.32 Å². The lowest BCUT2D eigenvalue weighted by Crippen LogP contribution is -2.46. The SMILES string of the molecule is CC1CCCCC1NC(=O)C1CC(=O)Nc2nc3ccccc3n21. The van der Waals surface area contributed by atoms with E-state index in [1.807, 2.05) is 28.8 Å². The molecule has 1 aromatic heterocycles. The van der Waals surface area contributed by atoms with E-state index in [1.54, 1.807) is 0 Å². The Morgan fingerprint density at radius 3 is 2.92 bits per heavy atom. The van der Waals surface area contributed by atoms with E-state index in [2.05, 4.69) is 22.5 Å². The zero-order valence-electron chi connectivity index (χ0n) is 13.8. The number of aromatic nitrogens is 2. The predicted molar refractivity (Wildman–Crippen MR) is 91.6 cm³/mol. The topological polar surface area (TPSA) is 76.0 Å². The van der Waals surface area contributed by atoms with Crippen LogP contribution in [0.4, 0.5) is 5.95 Å². The maximum absolute atomic E-state index is 12.9. The average molecular weight is 326 g/mol. The molecule has 3 atom stereocenters. The number of nitrogens with zero attached hydrogens (tertiary/aromatic N) is 2. The van der Waals surface area contributed by atoms with Gasteiger partial charge in [0, 0.05) is 6.04 Å². The second-order valence-corrected chi connectivity index (χ2v) is 6.94. The predicted octanol–water partition coefficient (Wildman–Crippen LogP) is 2.61. The first-order chi connectivity index (χ1) is 11.6. The minimum atomic E-state index is -0.532. The molecule has 2 heterocycles. The summed E-state index contributed by atoms with van der Waals surface area (Å²) in [5.41, 5.74) is 1.67. The standard InChI is InChI=1S/C18H22N4O2/c1-11-6-2-3-7-12(11)19-17(24)15-10-16(23)21-18-20-13-8-4-5-9-14(13)22(15)18/h4-5,8-9,11-12,15H,2-3,6-7,10H2,1H3,(H,19,24)(H,20,21,23). The smallest absolute Gasteiger partial charge is 0.243 e. The molecule has 2 N–H and O–H groups in total. The Hall–Kier alpha value is -2.37. The van der Waals surface area contributed by atoms with E-state index in [9.17, 15) is 9.59 Å². The summed E-state index contributed by atoms with van der Waals surface area (Å²) in [5, 5.41) is 5.97. The molecule has 0 bridgehead atoms. The van der Waals surface area contributed by atoms with Crippen molar-refractivity contribution < 1.29 is 9.59 Å². The molecule has 1 saturated carbocycles. The van der Waals surface area contributed by atoms with Crippen molar-refractivity contribution in [1.29, 1.82) is 0 Å². The molecule has 1 fully saturated rings. The molecule has 1 aromatic carbocycles. The van der Waals surface area contributed by atoms with Crippen molar-refractivity contribution >= 4 is 28.8 Å².